The molecule has 0 radical (unpaired) electrons. The van der Waals surface area contributed by atoms with Crippen LogP contribution in [0.5, 0.6) is 0 Å². The molecule has 1 aliphatic rings. The summed E-state index contributed by atoms with van der Waals surface area (Å²) in [4.78, 5) is 41.2. The lowest BCUT2D eigenvalue weighted by Crippen LogP contribution is -2.41. The third-order valence-electron chi connectivity index (χ3n) is 8.27. The number of pyridine rings is 1. The van der Waals surface area contributed by atoms with Crippen LogP contribution in [0.3, 0.4) is 0 Å². The van der Waals surface area contributed by atoms with Crippen molar-refractivity contribution in [2.45, 2.75) is 39.0 Å². The summed E-state index contributed by atoms with van der Waals surface area (Å²) in [6, 6.07) is 18.2. The van der Waals surface area contributed by atoms with Gasteiger partial charge < -0.3 is 14.1 Å². The third kappa shape index (κ3) is 6.38. The number of carbonyl (C=O) groups excluding carboxylic acids is 2. The molecule has 1 saturated heterocycles. The van der Waals surface area contributed by atoms with Crippen molar-refractivity contribution in [3.63, 3.8) is 0 Å². The Morgan fingerprint density at radius 1 is 1.02 bits per heavy atom. The molecule has 0 saturated carbocycles. The average molecular weight is 654 g/mol. The van der Waals surface area contributed by atoms with Gasteiger partial charge in [0.25, 0.3) is 5.91 Å². The molecule has 0 N–H and O–H groups in total. The summed E-state index contributed by atoms with van der Waals surface area (Å²) in [5.74, 6) is 0.0917. The molecular formula is C33H29F2N9O4. The predicted molar refractivity (Wildman–Crippen MR) is 166 cm³/mol. The monoisotopic (exact) mass is 653 g/mol. The molecular weight excluding hydrogens is 624 g/mol. The lowest BCUT2D eigenvalue weighted by Gasteiger charge is -2.35. The highest BCUT2D eigenvalue weighted by molar-refractivity contribution is 5.93. The van der Waals surface area contributed by atoms with Crippen molar-refractivity contribution < 1.29 is 27.5 Å². The number of oxazole rings is 1. The first kappa shape index (κ1) is 30.8. The van der Waals surface area contributed by atoms with Gasteiger partial charge in [0, 0.05) is 43.5 Å². The molecule has 13 nitrogen and oxygen atoms in total. The number of carbonyl (C=O) groups is 2. The summed E-state index contributed by atoms with van der Waals surface area (Å²) in [5, 5.41) is 12.8. The van der Waals surface area contributed by atoms with Gasteiger partial charge in [-0.05, 0) is 59.9 Å². The van der Waals surface area contributed by atoms with Crippen molar-refractivity contribution >= 4 is 23.0 Å². The highest BCUT2D eigenvalue weighted by atomic mass is 19.3. The third-order valence-corrected chi connectivity index (χ3v) is 8.27. The second-order valence-corrected chi connectivity index (χ2v) is 11.4. The minimum atomic E-state index is -2.68. The standard InChI is InChI=1S/C33H29F2N9O4/c1-20(45)47-18-29-39-41-44(40-29)30(21-5-3-2-4-6-21)22-10-13-42(14-11-22)32(46)26-16-24(9-12-36-26)31-38-25-15-23(7-8-28(25)48-31)27-17-43(19-37-27)33(34)35/h2-9,12,15-17,19,22,30,33H,10-11,13-14,18H2,1H3/t30-/m1/s1. The van der Waals surface area contributed by atoms with Gasteiger partial charge in [-0.3, -0.25) is 19.1 Å². The number of halogens is 2. The first-order valence-electron chi connectivity index (χ1n) is 15.3. The van der Waals surface area contributed by atoms with Crippen LogP contribution in [0.25, 0.3) is 33.8 Å². The fourth-order valence-electron chi connectivity index (χ4n) is 5.91. The Labute approximate surface area is 272 Å². The smallest absolute Gasteiger partial charge is 0.319 e. The number of esters is 1. The number of likely N-dealkylation sites (tertiary alicyclic amines) is 1. The molecule has 0 spiro atoms. The van der Waals surface area contributed by atoms with Crippen molar-refractivity contribution in [3.8, 4) is 22.7 Å². The van der Waals surface area contributed by atoms with Crippen molar-refractivity contribution in [2.24, 2.45) is 5.92 Å². The van der Waals surface area contributed by atoms with Gasteiger partial charge in [-0.1, -0.05) is 30.3 Å². The lowest BCUT2D eigenvalue weighted by molar-refractivity contribution is -0.142. The number of tetrazole rings is 1. The van der Waals surface area contributed by atoms with Crippen molar-refractivity contribution in [1.29, 1.82) is 0 Å². The van der Waals surface area contributed by atoms with Crippen LogP contribution < -0.4 is 0 Å². The van der Waals surface area contributed by atoms with Crippen LogP contribution in [0.15, 0.2) is 83.8 Å². The highest BCUT2D eigenvalue weighted by Gasteiger charge is 2.33. The molecule has 1 aliphatic heterocycles. The van der Waals surface area contributed by atoms with E-state index in [-0.39, 0.29) is 30.2 Å². The number of rotatable bonds is 9. The minimum Gasteiger partial charge on any atom is -0.457 e. The Kier molecular flexibility index (Phi) is 8.40. The second-order valence-electron chi connectivity index (χ2n) is 11.4. The molecule has 2 aromatic carbocycles. The number of piperidine rings is 1. The average Bonchev–Trinajstić information content (AvgIpc) is 3.88. The van der Waals surface area contributed by atoms with Gasteiger partial charge in [0.15, 0.2) is 12.2 Å². The van der Waals surface area contributed by atoms with Gasteiger partial charge >= 0.3 is 12.5 Å². The van der Waals surface area contributed by atoms with E-state index in [1.165, 1.54) is 13.1 Å². The van der Waals surface area contributed by atoms with Crippen LogP contribution in [-0.2, 0) is 16.1 Å². The molecule has 244 valence electrons. The summed E-state index contributed by atoms with van der Waals surface area (Å²) in [7, 11) is 0. The van der Waals surface area contributed by atoms with Gasteiger partial charge in [-0.25, -0.2) is 9.97 Å². The van der Waals surface area contributed by atoms with E-state index in [1.54, 1.807) is 46.2 Å². The summed E-state index contributed by atoms with van der Waals surface area (Å²) < 4.78 is 37.8. The second kappa shape index (κ2) is 13.1. The van der Waals surface area contributed by atoms with Crippen molar-refractivity contribution in [1.82, 2.24) is 44.6 Å². The number of alkyl halides is 2. The molecule has 5 heterocycles. The Hall–Kier alpha value is -5.86. The SMILES string of the molecule is CC(=O)OCc1nnn([C@H](c2ccccc2)C2CCN(C(=O)c3cc(-c4nc5cc(-c6cn(C(F)F)cn6)ccc5o4)ccn3)CC2)n1. The van der Waals surface area contributed by atoms with E-state index in [0.717, 1.165) is 16.5 Å². The van der Waals surface area contributed by atoms with Crippen LogP contribution in [-0.4, -0.2) is 69.6 Å². The van der Waals surface area contributed by atoms with Crippen LogP contribution >= 0.6 is 0 Å². The van der Waals surface area contributed by atoms with Gasteiger partial charge in [-0.15, -0.1) is 10.2 Å². The molecule has 6 aromatic rings. The summed E-state index contributed by atoms with van der Waals surface area (Å²) in [5.41, 5.74) is 3.89. The molecule has 48 heavy (non-hydrogen) atoms. The van der Waals surface area contributed by atoms with Gasteiger partial charge in [0.05, 0.1) is 12.0 Å². The van der Waals surface area contributed by atoms with E-state index in [0.29, 0.717) is 65.6 Å². The minimum absolute atomic E-state index is 0.0593. The van der Waals surface area contributed by atoms with E-state index in [9.17, 15) is 18.4 Å². The number of benzene rings is 2. The largest absolute Gasteiger partial charge is 0.457 e. The number of fused-ring (bicyclic) bond motifs is 1. The topological polar surface area (TPSA) is 147 Å². The molecule has 1 fully saturated rings. The molecule has 4 aromatic heterocycles. The molecule has 0 aliphatic carbocycles. The Morgan fingerprint density at radius 3 is 2.58 bits per heavy atom. The van der Waals surface area contributed by atoms with Gasteiger partial charge in [0.1, 0.15) is 17.3 Å². The number of amides is 1. The van der Waals surface area contributed by atoms with E-state index in [2.05, 4.69) is 30.4 Å². The summed E-state index contributed by atoms with van der Waals surface area (Å²) in [6.07, 6.45) is 5.27. The van der Waals surface area contributed by atoms with Gasteiger partial charge in [-0.2, -0.15) is 13.6 Å². The van der Waals surface area contributed by atoms with Crippen LogP contribution in [0.1, 0.15) is 54.2 Å². The first-order valence-corrected chi connectivity index (χ1v) is 15.3. The fourth-order valence-corrected chi connectivity index (χ4v) is 5.91. The number of nitrogens with zero attached hydrogens (tertiary/aromatic N) is 9. The number of imidazole rings is 1. The van der Waals surface area contributed by atoms with Crippen LogP contribution in [0.2, 0.25) is 0 Å². The maximum atomic E-state index is 13.6. The zero-order valence-electron chi connectivity index (χ0n) is 25.7. The zero-order chi connectivity index (χ0) is 33.2. The van der Waals surface area contributed by atoms with Crippen LogP contribution in [0.4, 0.5) is 8.78 Å². The Bertz CT molecular complexity index is 2070. The normalized spacial score (nSPS) is 14.5. The Balaban J connectivity index is 1.05. The van der Waals surface area contributed by atoms with Crippen molar-refractivity contribution in [3.05, 3.63) is 96.5 Å². The van der Waals surface area contributed by atoms with Crippen LogP contribution in [0, 0.1) is 5.92 Å². The molecule has 1 atom stereocenters. The van der Waals surface area contributed by atoms with Crippen molar-refractivity contribution in [2.75, 3.05) is 13.1 Å². The molecule has 1 amide bonds. The van der Waals surface area contributed by atoms with E-state index in [4.69, 9.17) is 9.15 Å². The predicted octanol–water partition coefficient (Wildman–Crippen LogP) is 5.34. The molecule has 0 bridgehead atoms. The first-order chi connectivity index (χ1) is 23.3. The van der Waals surface area contributed by atoms with E-state index >= 15 is 0 Å². The molecule has 15 heteroatoms. The Morgan fingerprint density at radius 2 is 1.83 bits per heavy atom. The summed E-state index contributed by atoms with van der Waals surface area (Å²) >= 11 is 0. The summed E-state index contributed by atoms with van der Waals surface area (Å²) in [6.45, 7) is -0.413. The number of hydrogen-bond acceptors (Lipinski definition) is 10. The maximum absolute atomic E-state index is 13.6. The lowest BCUT2D eigenvalue weighted by atomic mass is 9.85. The zero-order valence-corrected chi connectivity index (χ0v) is 25.7. The number of hydrogen-bond donors (Lipinski definition) is 0. The quantitative estimate of drug-likeness (QED) is 0.187. The van der Waals surface area contributed by atoms with E-state index < -0.39 is 12.5 Å². The number of ether oxygens (including phenoxy) is 1. The highest BCUT2D eigenvalue weighted by Crippen LogP contribution is 2.34. The molecule has 7 rings (SSSR count). The maximum Gasteiger partial charge on any atom is 0.319 e. The van der Waals surface area contributed by atoms with Gasteiger partial charge in [0.2, 0.25) is 11.7 Å². The molecule has 0 unspecified atom stereocenters. The fraction of sp³-hybridized carbons (Fsp3) is 0.273. The van der Waals surface area contributed by atoms with E-state index in [1.807, 2.05) is 30.3 Å². The number of aromatic nitrogens is 8.